The number of carbonyl (C=O) groups excluding carboxylic acids is 1. The summed E-state index contributed by atoms with van der Waals surface area (Å²) in [4.78, 5) is 26.1. The lowest BCUT2D eigenvalue weighted by Gasteiger charge is -2.26. The number of aromatic nitrogens is 2. The number of carboxylic acid groups (broad SMARTS) is 1. The SMILES string of the molecule is CC(C(=O)O)N(C(=O)c1nn(-c2ccccc2)c2c1CCC2)C1CC1. The van der Waals surface area contributed by atoms with Gasteiger partial charge in [-0.2, -0.15) is 5.10 Å². The molecule has 1 amide bonds. The lowest BCUT2D eigenvalue weighted by atomic mass is 10.1. The number of nitrogens with zero attached hydrogens (tertiary/aromatic N) is 3. The van der Waals surface area contributed by atoms with Gasteiger partial charge in [-0.15, -0.1) is 0 Å². The molecule has 1 N–H and O–H groups in total. The van der Waals surface area contributed by atoms with Crippen molar-refractivity contribution in [1.82, 2.24) is 14.7 Å². The monoisotopic (exact) mass is 339 g/mol. The number of carbonyl (C=O) groups is 2. The Hall–Kier alpha value is -2.63. The van der Waals surface area contributed by atoms with E-state index in [-0.39, 0.29) is 11.9 Å². The molecule has 2 aliphatic rings. The number of fused-ring (bicyclic) bond motifs is 1. The number of para-hydroxylation sites is 1. The van der Waals surface area contributed by atoms with Gasteiger partial charge in [0.2, 0.25) is 0 Å². The standard InChI is InChI=1S/C19H21N3O3/c1-12(19(24)25)21(13-10-11-13)18(23)17-15-8-5-9-16(15)22(20-17)14-6-3-2-4-7-14/h2-4,6-7,12-13H,5,8-11H2,1H3,(H,24,25). The maximum absolute atomic E-state index is 13.2. The fourth-order valence-corrected chi connectivity index (χ4v) is 3.64. The molecule has 2 aromatic rings. The topological polar surface area (TPSA) is 75.4 Å². The minimum absolute atomic E-state index is 0.0255. The van der Waals surface area contributed by atoms with Gasteiger partial charge in [0.25, 0.3) is 5.91 Å². The summed E-state index contributed by atoms with van der Waals surface area (Å²) in [6, 6.07) is 8.97. The van der Waals surface area contributed by atoms with Crippen molar-refractivity contribution < 1.29 is 14.7 Å². The van der Waals surface area contributed by atoms with Crippen LogP contribution in [0.25, 0.3) is 5.69 Å². The number of hydrogen-bond acceptors (Lipinski definition) is 3. The summed E-state index contributed by atoms with van der Waals surface area (Å²) in [5.74, 6) is -1.22. The van der Waals surface area contributed by atoms with E-state index in [9.17, 15) is 14.7 Å². The number of carboxylic acids is 1. The minimum Gasteiger partial charge on any atom is -0.480 e. The lowest BCUT2D eigenvalue weighted by molar-refractivity contribution is -0.141. The average molecular weight is 339 g/mol. The molecule has 6 nitrogen and oxygen atoms in total. The first-order valence-corrected chi connectivity index (χ1v) is 8.79. The Labute approximate surface area is 146 Å². The van der Waals surface area contributed by atoms with E-state index in [1.54, 1.807) is 6.92 Å². The van der Waals surface area contributed by atoms with E-state index in [2.05, 4.69) is 5.10 Å². The third-order valence-corrected chi connectivity index (χ3v) is 5.08. The van der Waals surface area contributed by atoms with Gasteiger partial charge in [0, 0.05) is 17.3 Å². The number of hydrogen-bond donors (Lipinski definition) is 1. The lowest BCUT2D eigenvalue weighted by Crippen LogP contribution is -2.45. The minimum atomic E-state index is -0.973. The molecule has 1 unspecified atom stereocenters. The Kier molecular flexibility index (Phi) is 3.82. The van der Waals surface area contributed by atoms with Crippen LogP contribution in [0.5, 0.6) is 0 Å². The predicted molar refractivity (Wildman–Crippen MR) is 91.9 cm³/mol. The second kappa shape index (κ2) is 6.02. The second-order valence-electron chi connectivity index (χ2n) is 6.83. The summed E-state index contributed by atoms with van der Waals surface area (Å²) in [7, 11) is 0. The number of amides is 1. The van der Waals surface area contributed by atoms with Crippen LogP contribution in [0, 0.1) is 0 Å². The Morgan fingerprint density at radius 2 is 1.96 bits per heavy atom. The molecule has 0 bridgehead atoms. The van der Waals surface area contributed by atoms with Crippen LogP contribution in [-0.4, -0.2) is 43.7 Å². The van der Waals surface area contributed by atoms with Gasteiger partial charge in [-0.1, -0.05) is 18.2 Å². The molecule has 1 atom stereocenters. The Morgan fingerprint density at radius 3 is 2.60 bits per heavy atom. The molecule has 0 aliphatic heterocycles. The Balaban J connectivity index is 1.75. The zero-order valence-corrected chi connectivity index (χ0v) is 14.2. The van der Waals surface area contributed by atoms with E-state index in [1.165, 1.54) is 4.90 Å². The number of rotatable bonds is 5. The third kappa shape index (κ3) is 2.71. The summed E-state index contributed by atoms with van der Waals surface area (Å²) in [5, 5.41) is 14.0. The molecule has 0 saturated heterocycles. The number of aliphatic carboxylic acids is 1. The maximum Gasteiger partial charge on any atom is 0.326 e. The quantitative estimate of drug-likeness (QED) is 0.908. The van der Waals surface area contributed by atoms with E-state index in [0.717, 1.165) is 49.0 Å². The van der Waals surface area contributed by atoms with Gasteiger partial charge in [-0.25, -0.2) is 9.48 Å². The van der Waals surface area contributed by atoms with Crippen molar-refractivity contribution in [3.63, 3.8) is 0 Å². The van der Waals surface area contributed by atoms with Crippen molar-refractivity contribution >= 4 is 11.9 Å². The van der Waals surface area contributed by atoms with Crippen LogP contribution in [-0.2, 0) is 17.6 Å². The van der Waals surface area contributed by atoms with Crippen molar-refractivity contribution in [1.29, 1.82) is 0 Å². The molecule has 2 aliphatic carbocycles. The predicted octanol–water partition coefficient (Wildman–Crippen LogP) is 2.44. The molecule has 4 rings (SSSR count). The molecule has 6 heteroatoms. The molecule has 130 valence electrons. The van der Waals surface area contributed by atoms with Crippen molar-refractivity contribution in [2.75, 3.05) is 0 Å². The molecular formula is C19H21N3O3. The van der Waals surface area contributed by atoms with Crippen LogP contribution in [0.1, 0.15) is 47.9 Å². The Bertz CT molecular complexity index is 824. The van der Waals surface area contributed by atoms with Gasteiger partial charge in [0.1, 0.15) is 6.04 Å². The van der Waals surface area contributed by atoms with Crippen LogP contribution < -0.4 is 0 Å². The van der Waals surface area contributed by atoms with Gasteiger partial charge in [0.05, 0.1) is 5.69 Å². The van der Waals surface area contributed by atoms with Crippen molar-refractivity contribution in [2.45, 2.75) is 51.1 Å². The highest BCUT2D eigenvalue weighted by atomic mass is 16.4. The molecule has 1 heterocycles. The molecule has 0 radical (unpaired) electrons. The second-order valence-corrected chi connectivity index (χ2v) is 6.83. The summed E-state index contributed by atoms with van der Waals surface area (Å²) >= 11 is 0. The van der Waals surface area contributed by atoms with Crippen LogP contribution in [0.2, 0.25) is 0 Å². The van der Waals surface area contributed by atoms with Gasteiger partial charge in [0.15, 0.2) is 5.69 Å². The van der Waals surface area contributed by atoms with Gasteiger partial charge in [-0.05, 0) is 51.2 Å². The highest BCUT2D eigenvalue weighted by Gasteiger charge is 2.41. The third-order valence-electron chi connectivity index (χ3n) is 5.08. The highest BCUT2D eigenvalue weighted by Crippen LogP contribution is 2.33. The maximum atomic E-state index is 13.2. The van der Waals surface area contributed by atoms with E-state index >= 15 is 0 Å². The van der Waals surface area contributed by atoms with Crippen molar-refractivity contribution in [2.24, 2.45) is 0 Å². The first-order chi connectivity index (χ1) is 12.1. The van der Waals surface area contributed by atoms with Crippen LogP contribution in [0.4, 0.5) is 0 Å². The summed E-state index contributed by atoms with van der Waals surface area (Å²) < 4.78 is 1.85. The fourth-order valence-electron chi connectivity index (χ4n) is 3.64. The molecule has 1 fully saturated rings. The zero-order valence-electron chi connectivity index (χ0n) is 14.2. The molecular weight excluding hydrogens is 318 g/mol. The summed E-state index contributed by atoms with van der Waals surface area (Å²) in [6.07, 6.45) is 4.44. The fraction of sp³-hybridized carbons (Fsp3) is 0.421. The average Bonchev–Trinajstić information content (AvgIpc) is 3.20. The highest BCUT2D eigenvalue weighted by molar-refractivity contribution is 5.97. The van der Waals surface area contributed by atoms with Crippen LogP contribution in [0.3, 0.4) is 0 Å². The largest absolute Gasteiger partial charge is 0.480 e. The smallest absolute Gasteiger partial charge is 0.326 e. The first kappa shape index (κ1) is 15.9. The molecule has 1 aromatic heterocycles. The first-order valence-electron chi connectivity index (χ1n) is 8.79. The molecule has 25 heavy (non-hydrogen) atoms. The van der Waals surface area contributed by atoms with Gasteiger partial charge in [-0.3, -0.25) is 4.79 Å². The number of benzene rings is 1. The van der Waals surface area contributed by atoms with E-state index < -0.39 is 12.0 Å². The van der Waals surface area contributed by atoms with Crippen LogP contribution in [0.15, 0.2) is 30.3 Å². The molecule has 1 aromatic carbocycles. The van der Waals surface area contributed by atoms with E-state index in [0.29, 0.717) is 5.69 Å². The van der Waals surface area contributed by atoms with Crippen molar-refractivity contribution in [3.05, 3.63) is 47.3 Å². The summed E-state index contributed by atoms with van der Waals surface area (Å²) in [6.45, 7) is 1.58. The Morgan fingerprint density at radius 1 is 1.24 bits per heavy atom. The summed E-state index contributed by atoms with van der Waals surface area (Å²) in [5.41, 5.74) is 3.42. The zero-order chi connectivity index (χ0) is 17.6. The van der Waals surface area contributed by atoms with E-state index in [4.69, 9.17) is 0 Å². The van der Waals surface area contributed by atoms with E-state index in [1.807, 2.05) is 35.0 Å². The normalized spacial score (nSPS) is 17.2. The molecule has 0 spiro atoms. The van der Waals surface area contributed by atoms with Crippen LogP contribution >= 0.6 is 0 Å². The van der Waals surface area contributed by atoms with Crippen molar-refractivity contribution in [3.8, 4) is 5.69 Å². The van der Waals surface area contributed by atoms with Gasteiger partial charge < -0.3 is 10.0 Å². The van der Waals surface area contributed by atoms with Gasteiger partial charge >= 0.3 is 5.97 Å². The molecule has 1 saturated carbocycles.